The molecule has 0 aromatic carbocycles. The van der Waals surface area contributed by atoms with E-state index in [4.69, 9.17) is 0 Å². The molecule has 0 atom stereocenters. The molecule has 0 fully saturated rings. The minimum Gasteiger partial charge on any atom is -0.359 e. The molecular weight excluding hydrogens is 194 g/mol. The zero-order chi connectivity index (χ0) is 11.0. The quantitative estimate of drug-likeness (QED) is 0.634. The van der Waals surface area contributed by atoms with E-state index in [1.165, 1.54) is 13.1 Å². The van der Waals surface area contributed by atoms with Crippen molar-refractivity contribution in [1.29, 1.82) is 0 Å². The maximum absolute atomic E-state index is 11.5. The van der Waals surface area contributed by atoms with Gasteiger partial charge in [0.2, 0.25) is 5.56 Å². The van der Waals surface area contributed by atoms with Crippen LogP contribution in [-0.2, 0) is 0 Å². The zero-order valence-electron chi connectivity index (χ0n) is 8.47. The maximum atomic E-state index is 11.5. The van der Waals surface area contributed by atoms with Gasteiger partial charge in [0.05, 0.1) is 5.52 Å². The lowest BCUT2D eigenvalue weighted by molar-refractivity contribution is 0.0959. The van der Waals surface area contributed by atoms with E-state index in [-0.39, 0.29) is 17.2 Å². The number of amides is 1. The molecule has 15 heavy (non-hydrogen) atoms. The summed E-state index contributed by atoms with van der Waals surface area (Å²) in [4.78, 5) is 28.3. The molecule has 0 saturated carbocycles. The van der Waals surface area contributed by atoms with Crippen molar-refractivity contribution >= 4 is 16.8 Å². The Morgan fingerprint density at radius 3 is 2.87 bits per heavy atom. The van der Waals surface area contributed by atoms with Gasteiger partial charge in [-0.05, 0) is 12.5 Å². The summed E-state index contributed by atoms with van der Waals surface area (Å²) in [7, 11) is 1.52. The van der Waals surface area contributed by atoms with Gasteiger partial charge in [0, 0.05) is 24.7 Å². The summed E-state index contributed by atoms with van der Waals surface area (Å²) in [6.07, 6.45) is 1.77. The summed E-state index contributed by atoms with van der Waals surface area (Å²) >= 11 is 0. The van der Waals surface area contributed by atoms with E-state index < -0.39 is 0 Å². The minimum absolute atomic E-state index is 0.271. The molecule has 2 aromatic rings. The second-order valence-corrected chi connectivity index (χ2v) is 3.35. The number of aryl methyl sites for hydroxylation is 1. The van der Waals surface area contributed by atoms with Crippen LogP contribution in [0.2, 0.25) is 0 Å². The van der Waals surface area contributed by atoms with Crippen LogP contribution < -0.4 is 10.9 Å². The monoisotopic (exact) mass is 205 g/mol. The Balaban J connectivity index is 2.84. The van der Waals surface area contributed by atoms with Crippen LogP contribution in [-0.4, -0.2) is 22.9 Å². The highest BCUT2D eigenvalue weighted by Gasteiger charge is 2.12. The van der Waals surface area contributed by atoms with Crippen molar-refractivity contribution in [2.24, 2.45) is 0 Å². The summed E-state index contributed by atoms with van der Waals surface area (Å²) in [6, 6.07) is 1.48. The molecule has 0 aliphatic carbocycles. The molecule has 3 N–H and O–H groups in total. The van der Waals surface area contributed by atoms with Crippen LogP contribution in [0.3, 0.4) is 0 Å². The molecule has 0 spiro atoms. The van der Waals surface area contributed by atoms with Crippen molar-refractivity contribution in [2.45, 2.75) is 6.92 Å². The molecule has 2 aromatic heterocycles. The second-order valence-electron chi connectivity index (χ2n) is 3.35. The first-order valence-corrected chi connectivity index (χ1v) is 4.56. The summed E-state index contributed by atoms with van der Waals surface area (Å²) in [6.45, 7) is 1.88. The van der Waals surface area contributed by atoms with Crippen molar-refractivity contribution in [3.8, 4) is 0 Å². The van der Waals surface area contributed by atoms with Crippen LogP contribution in [0.25, 0.3) is 10.9 Å². The third-order valence-corrected chi connectivity index (χ3v) is 2.35. The normalized spacial score (nSPS) is 10.5. The summed E-state index contributed by atoms with van der Waals surface area (Å²) in [5.74, 6) is -0.306. The first kappa shape index (κ1) is 9.51. The highest BCUT2D eigenvalue weighted by molar-refractivity contribution is 6.04. The Bertz CT molecular complexity index is 580. The molecule has 1 amide bonds. The number of aromatic nitrogens is 2. The van der Waals surface area contributed by atoms with E-state index in [0.717, 1.165) is 10.9 Å². The number of fused-ring (bicyclic) bond motifs is 1. The summed E-state index contributed by atoms with van der Waals surface area (Å²) in [5, 5.41) is 3.26. The van der Waals surface area contributed by atoms with Gasteiger partial charge in [0.15, 0.2) is 0 Å². The van der Waals surface area contributed by atoms with Gasteiger partial charge in [0.1, 0.15) is 5.69 Å². The molecule has 2 heterocycles. The largest absolute Gasteiger partial charge is 0.359 e. The van der Waals surface area contributed by atoms with Gasteiger partial charge in [-0.1, -0.05) is 0 Å². The van der Waals surface area contributed by atoms with Crippen LogP contribution in [0.1, 0.15) is 16.1 Å². The van der Waals surface area contributed by atoms with Gasteiger partial charge in [0.25, 0.3) is 5.91 Å². The van der Waals surface area contributed by atoms with Crippen molar-refractivity contribution < 1.29 is 4.79 Å². The lowest BCUT2D eigenvalue weighted by atomic mass is 10.2. The molecule has 5 nitrogen and oxygen atoms in total. The van der Waals surface area contributed by atoms with E-state index in [1.54, 1.807) is 6.20 Å². The van der Waals surface area contributed by atoms with E-state index in [9.17, 15) is 9.59 Å². The van der Waals surface area contributed by atoms with Crippen molar-refractivity contribution in [1.82, 2.24) is 15.3 Å². The fraction of sp³-hybridized carbons (Fsp3) is 0.200. The van der Waals surface area contributed by atoms with Gasteiger partial charge < -0.3 is 15.3 Å². The van der Waals surface area contributed by atoms with Crippen LogP contribution in [0.5, 0.6) is 0 Å². The molecule has 0 aliphatic heterocycles. The Hall–Kier alpha value is -2.04. The van der Waals surface area contributed by atoms with Crippen LogP contribution in [0, 0.1) is 6.92 Å². The fourth-order valence-corrected chi connectivity index (χ4v) is 1.57. The number of pyridine rings is 1. The molecule has 0 radical (unpaired) electrons. The topological polar surface area (TPSA) is 77.8 Å². The third kappa shape index (κ3) is 1.41. The van der Waals surface area contributed by atoms with Gasteiger partial charge in [-0.3, -0.25) is 9.59 Å². The molecule has 78 valence electrons. The van der Waals surface area contributed by atoms with Gasteiger partial charge >= 0.3 is 0 Å². The number of aromatic amines is 2. The Labute approximate surface area is 85.5 Å². The standard InChI is InChI=1S/C10H11N3O2/c1-5-4-12-8-6(5)3-7(14)13-9(8)10(15)11-2/h3-4,12H,1-2H3,(H,11,15)(H,13,14). The number of rotatable bonds is 1. The zero-order valence-corrected chi connectivity index (χ0v) is 8.47. The molecular formula is C10H11N3O2. The predicted molar refractivity (Wildman–Crippen MR) is 57.0 cm³/mol. The number of carbonyl (C=O) groups is 1. The molecule has 0 bridgehead atoms. The SMILES string of the molecule is CNC(=O)c1[nH]c(=O)cc2c(C)c[nH]c12. The van der Waals surface area contributed by atoms with Crippen LogP contribution >= 0.6 is 0 Å². The summed E-state index contributed by atoms with van der Waals surface area (Å²) in [5.41, 5.74) is 1.60. The first-order valence-electron chi connectivity index (χ1n) is 4.56. The fourth-order valence-electron chi connectivity index (χ4n) is 1.57. The first-order chi connectivity index (χ1) is 7.13. The van der Waals surface area contributed by atoms with Gasteiger partial charge in [-0.15, -0.1) is 0 Å². The molecule has 0 aliphatic rings. The van der Waals surface area contributed by atoms with E-state index in [0.29, 0.717) is 5.52 Å². The Kier molecular flexibility index (Phi) is 2.07. The van der Waals surface area contributed by atoms with Crippen LogP contribution in [0.4, 0.5) is 0 Å². The maximum Gasteiger partial charge on any atom is 0.269 e. The summed E-state index contributed by atoms with van der Waals surface area (Å²) < 4.78 is 0. The Morgan fingerprint density at radius 2 is 2.20 bits per heavy atom. The smallest absolute Gasteiger partial charge is 0.269 e. The van der Waals surface area contributed by atoms with Gasteiger partial charge in [-0.2, -0.15) is 0 Å². The van der Waals surface area contributed by atoms with Gasteiger partial charge in [-0.25, -0.2) is 0 Å². The molecule has 0 unspecified atom stereocenters. The second kappa shape index (κ2) is 3.27. The molecule has 0 saturated heterocycles. The van der Waals surface area contributed by atoms with E-state index >= 15 is 0 Å². The Morgan fingerprint density at radius 1 is 1.47 bits per heavy atom. The van der Waals surface area contributed by atoms with Crippen molar-refractivity contribution in [3.05, 3.63) is 33.9 Å². The predicted octanol–water partition coefficient (Wildman–Crippen LogP) is 0.524. The lowest BCUT2D eigenvalue weighted by Crippen LogP contribution is -2.22. The van der Waals surface area contributed by atoms with E-state index in [2.05, 4.69) is 15.3 Å². The van der Waals surface area contributed by atoms with Crippen LogP contribution in [0.15, 0.2) is 17.1 Å². The minimum atomic E-state index is -0.306. The number of hydrogen-bond acceptors (Lipinski definition) is 2. The number of H-pyrrole nitrogens is 2. The highest BCUT2D eigenvalue weighted by Crippen LogP contribution is 2.17. The van der Waals surface area contributed by atoms with E-state index in [1.807, 2.05) is 6.92 Å². The van der Waals surface area contributed by atoms with Crippen molar-refractivity contribution in [3.63, 3.8) is 0 Å². The number of nitrogens with one attached hydrogen (secondary N) is 3. The number of carbonyl (C=O) groups excluding carboxylic acids is 1. The molecule has 2 rings (SSSR count). The lowest BCUT2D eigenvalue weighted by Gasteiger charge is -2.01. The molecule has 5 heteroatoms. The third-order valence-electron chi connectivity index (χ3n) is 2.35. The van der Waals surface area contributed by atoms with Crippen molar-refractivity contribution in [2.75, 3.05) is 7.05 Å². The average molecular weight is 205 g/mol. The number of hydrogen-bond donors (Lipinski definition) is 3. The average Bonchev–Trinajstić information content (AvgIpc) is 2.58. The highest BCUT2D eigenvalue weighted by atomic mass is 16.2.